The Hall–Kier alpha value is -1.02. The standard InChI is InChI=1S/C13H18N2/c1-2-6-13-11(4-1)7-9-15(13)12-5-3-8-14-10-12/h1-2,4,6,12,14H,3,5,7-10H2/t12-/m0/s1. The lowest BCUT2D eigenvalue weighted by atomic mass is 10.1. The van der Waals surface area contributed by atoms with Gasteiger partial charge in [-0.05, 0) is 37.4 Å². The van der Waals surface area contributed by atoms with Crippen molar-refractivity contribution in [3.05, 3.63) is 29.8 Å². The first kappa shape index (κ1) is 9.22. The van der Waals surface area contributed by atoms with Crippen molar-refractivity contribution >= 4 is 5.69 Å². The first-order chi connectivity index (χ1) is 7.45. The molecule has 1 aromatic carbocycles. The lowest BCUT2D eigenvalue weighted by molar-refractivity contribution is 0.437. The van der Waals surface area contributed by atoms with Crippen LogP contribution in [0.3, 0.4) is 0 Å². The lowest BCUT2D eigenvalue weighted by Gasteiger charge is -2.33. The summed E-state index contributed by atoms with van der Waals surface area (Å²) in [5.74, 6) is 0. The van der Waals surface area contributed by atoms with E-state index in [0.29, 0.717) is 0 Å². The maximum absolute atomic E-state index is 3.50. The van der Waals surface area contributed by atoms with Crippen LogP contribution < -0.4 is 10.2 Å². The van der Waals surface area contributed by atoms with Crippen LogP contribution in [0.1, 0.15) is 18.4 Å². The minimum Gasteiger partial charge on any atom is -0.367 e. The summed E-state index contributed by atoms with van der Waals surface area (Å²) in [4.78, 5) is 2.60. The molecule has 0 aliphatic carbocycles. The van der Waals surface area contributed by atoms with E-state index in [9.17, 15) is 0 Å². The molecule has 80 valence electrons. The Kier molecular flexibility index (Phi) is 2.37. The van der Waals surface area contributed by atoms with E-state index in [1.165, 1.54) is 43.6 Å². The molecule has 1 saturated heterocycles. The number of nitrogens with zero attached hydrogens (tertiary/aromatic N) is 1. The number of rotatable bonds is 1. The van der Waals surface area contributed by atoms with Crippen LogP contribution in [0, 0.1) is 0 Å². The molecular weight excluding hydrogens is 184 g/mol. The third-order valence-corrected chi connectivity index (χ3v) is 3.63. The van der Waals surface area contributed by atoms with Gasteiger partial charge in [0.1, 0.15) is 0 Å². The van der Waals surface area contributed by atoms with Gasteiger partial charge in [-0.15, -0.1) is 0 Å². The molecule has 2 nitrogen and oxygen atoms in total. The smallest absolute Gasteiger partial charge is 0.0415 e. The molecule has 1 aromatic rings. The molecule has 0 bridgehead atoms. The summed E-state index contributed by atoms with van der Waals surface area (Å²) in [6.45, 7) is 3.58. The molecule has 0 amide bonds. The highest BCUT2D eigenvalue weighted by Gasteiger charge is 2.26. The Morgan fingerprint density at radius 2 is 2.20 bits per heavy atom. The molecule has 2 heteroatoms. The Morgan fingerprint density at radius 3 is 3.07 bits per heavy atom. The zero-order valence-electron chi connectivity index (χ0n) is 9.08. The number of nitrogens with one attached hydrogen (secondary N) is 1. The molecule has 0 aromatic heterocycles. The monoisotopic (exact) mass is 202 g/mol. The third kappa shape index (κ3) is 1.63. The van der Waals surface area contributed by atoms with Crippen LogP contribution in [0.4, 0.5) is 5.69 Å². The van der Waals surface area contributed by atoms with E-state index in [4.69, 9.17) is 0 Å². The lowest BCUT2D eigenvalue weighted by Crippen LogP contribution is -2.45. The minimum absolute atomic E-state index is 0.724. The van der Waals surface area contributed by atoms with Gasteiger partial charge in [-0.3, -0.25) is 0 Å². The summed E-state index contributed by atoms with van der Waals surface area (Å²) in [7, 11) is 0. The van der Waals surface area contributed by atoms with Crippen molar-refractivity contribution in [1.29, 1.82) is 0 Å². The number of hydrogen-bond donors (Lipinski definition) is 1. The quantitative estimate of drug-likeness (QED) is 0.747. The molecule has 1 atom stereocenters. The Balaban J connectivity index is 1.83. The molecule has 2 aliphatic heterocycles. The average Bonchev–Trinajstić information content (AvgIpc) is 2.74. The summed E-state index contributed by atoms with van der Waals surface area (Å²) >= 11 is 0. The Bertz CT molecular complexity index is 342. The van der Waals surface area contributed by atoms with Crippen LogP contribution in [0.2, 0.25) is 0 Å². The van der Waals surface area contributed by atoms with Gasteiger partial charge in [-0.1, -0.05) is 18.2 Å². The van der Waals surface area contributed by atoms with Gasteiger partial charge in [-0.25, -0.2) is 0 Å². The molecule has 2 aliphatic rings. The highest BCUT2D eigenvalue weighted by molar-refractivity contribution is 5.58. The van der Waals surface area contributed by atoms with Crippen molar-refractivity contribution in [2.75, 3.05) is 24.5 Å². The highest BCUT2D eigenvalue weighted by Crippen LogP contribution is 2.30. The van der Waals surface area contributed by atoms with Crippen LogP contribution in [0.25, 0.3) is 0 Å². The maximum Gasteiger partial charge on any atom is 0.0415 e. The average molecular weight is 202 g/mol. The molecule has 1 fully saturated rings. The normalized spacial score (nSPS) is 25.3. The first-order valence-electron chi connectivity index (χ1n) is 6.00. The predicted molar refractivity (Wildman–Crippen MR) is 63.4 cm³/mol. The van der Waals surface area contributed by atoms with Crippen molar-refractivity contribution in [2.24, 2.45) is 0 Å². The zero-order valence-corrected chi connectivity index (χ0v) is 9.08. The molecule has 0 spiro atoms. The summed E-state index contributed by atoms with van der Waals surface area (Å²) in [5, 5.41) is 3.50. The van der Waals surface area contributed by atoms with Crippen molar-refractivity contribution in [3.63, 3.8) is 0 Å². The molecule has 1 N–H and O–H groups in total. The van der Waals surface area contributed by atoms with Crippen molar-refractivity contribution in [2.45, 2.75) is 25.3 Å². The second-order valence-corrected chi connectivity index (χ2v) is 4.57. The topological polar surface area (TPSA) is 15.3 Å². The molecule has 0 saturated carbocycles. The number of hydrogen-bond acceptors (Lipinski definition) is 2. The van der Waals surface area contributed by atoms with Crippen molar-refractivity contribution < 1.29 is 0 Å². The van der Waals surface area contributed by atoms with Gasteiger partial charge in [0.15, 0.2) is 0 Å². The van der Waals surface area contributed by atoms with E-state index in [-0.39, 0.29) is 0 Å². The van der Waals surface area contributed by atoms with E-state index < -0.39 is 0 Å². The van der Waals surface area contributed by atoms with Crippen LogP contribution in [-0.2, 0) is 6.42 Å². The van der Waals surface area contributed by atoms with Crippen LogP contribution in [0.15, 0.2) is 24.3 Å². The van der Waals surface area contributed by atoms with Gasteiger partial charge in [0.2, 0.25) is 0 Å². The van der Waals surface area contributed by atoms with Gasteiger partial charge < -0.3 is 10.2 Å². The van der Waals surface area contributed by atoms with Crippen LogP contribution >= 0.6 is 0 Å². The SMILES string of the molecule is c1ccc2c(c1)CCN2[C@H]1CCCNC1. The number of benzene rings is 1. The number of anilines is 1. The zero-order chi connectivity index (χ0) is 10.1. The van der Waals surface area contributed by atoms with Crippen molar-refractivity contribution in [1.82, 2.24) is 5.32 Å². The summed E-state index contributed by atoms with van der Waals surface area (Å²) in [6, 6.07) is 9.58. The number of piperidine rings is 1. The second kappa shape index (κ2) is 3.86. The predicted octanol–water partition coefficient (Wildman–Crippen LogP) is 1.80. The molecule has 0 unspecified atom stereocenters. The number of fused-ring (bicyclic) bond motifs is 1. The second-order valence-electron chi connectivity index (χ2n) is 4.57. The van der Waals surface area contributed by atoms with E-state index >= 15 is 0 Å². The summed E-state index contributed by atoms with van der Waals surface area (Å²) in [6.07, 6.45) is 3.90. The highest BCUT2D eigenvalue weighted by atomic mass is 15.2. The largest absolute Gasteiger partial charge is 0.367 e. The fraction of sp³-hybridized carbons (Fsp3) is 0.538. The minimum atomic E-state index is 0.724. The fourth-order valence-corrected chi connectivity index (χ4v) is 2.84. The van der Waals surface area contributed by atoms with Gasteiger partial charge in [0, 0.05) is 24.8 Å². The third-order valence-electron chi connectivity index (χ3n) is 3.63. The molecule has 3 rings (SSSR count). The first-order valence-corrected chi connectivity index (χ1v) is 6.00. The maximum atomic E-state index is 3.50. The summed E-state index contributed by atoms with van der Waals surface area (Å²) in [5.41, 5.74) is 3.01. The van der Waals surface area contributed by atoms with Gasteiger partial charge >= 0.3 is 0 Å². The Labute approximate surface area is 91.3 Å². The van der Waals surface area contributed by atoms with E-state index in [1.807, 2.05) is 0 Å². The van der Waals surface area contributed by atoms with Gasteiger partial charge in [0.25, 0.3) is 0 Å². The number of para-hydroxylation sites is 1. The fourth-order valence-electron chi connectivity index (χ4n) is 2.84. The van der Waals surface area contributed by atoms with Gasteiger partial charge in [-0.2, -0.15) is 0 Å². The molecule has 0 radical (unpaired) electrons. The summed E-state index contributed by atoms with van der Waals surface area (Å²) < 4.78 is 0. The molecule has 2 heterocycles. The van der Waals surface area contributed by atoms with E-state index in [2.05, 4.69) is 34.5 Å². The van der Waals surface area contributed by atoms with Crippen molar-refractivity contribution in [3.8, 4) is 0 Å². The van der Waals surface area contributed by atoms with E-state index in [0.717, 1.165) is 12.6 Å². The molecule has 15 heavy (non-hydrogen) atoms. The van der Waals surface area contributed by atoms with Crippen LogP contribution in [-0.4, -0.2) is 25.7 Å². The molecular formula is C13H18N2. The van der Waals surface area contributed by atoms with Gasteiger partial charge in [0.05, 0.1) is 0 Å². The van der Waals surface area contributed by atoms with Crippen LogP contribution in [0.5, 0.6) is 0 Å². The van der Waals surface area contributed by atoms with E-state index in [1.54, 1.807) is 0 Å². The Morgan fingerprint density at radius 1 is 1.27 bits per heavy atom.